The summed E-state index contributed by atoms with van der Waals surface area (Å²) in [5.74, 6) is 0.311. The number of carbonyl (C=O) groups is 1. The van der Waals surface area contributed by atoms with Crippen molar-refractivity contribution in [1.29, 1.82) is 0 Å². The van der Waals surface area contributed by atoms with E-state index in [1.54, 1.807) is 0 Å². The van der Waals surface area contributed by atoms with Crippen molar-refractivity contribution in [3.8, 4) is 0 Å². The summed E-state index contributed by atoms with van der Waals surface area (Å²) in [4.78, 5) is 13.3. The fraction of sp³-hybridized carbons (Fsp3) is 0.909. The third-order valence-electron chi connectivity index (χ3n) is 3.16. The molecule has 82 valence electrons. The standard InChI is InChI=1S/C11H21NO2/c1-3-11(14,4-2)9-12-7-5-6-10(13)8-12/h14H,3-9H2,1-2H3. The molecule has 3 nitrogen and oxygen atoms in total. The van der Waals surface area contributed by atoms with Crippen LogP contribution in [0.1, 0.15) is 39.5 Å². The average molecular weight is 199 g/mol. The number of aliphatic hydroxyl groups is 1. The molecule has 1 aliphatic heterocycles. The molecule has 0 radical (unpaired) electrons. The van der Waals surface area contributed by atoms with Crippen molar-refractivity contribution >= 4 is 5.78 Å². The Bertz CT molecular complexity index is 199. The van der Waals surface area contributed by atoms with E-state index in [1.807, 2.05) is 13.8 Å². The van der Waals surface area contributed by atoms with E-state index in [0.717, 1.165) is 25.8 Å². The van der Waals surface area contributed by atoms with Gasteiger partial charge in [-0.3, -0.25) is 9.69 Å². The Morgan fingerprint density at radius 1 is 1.43 bits per heavy atom. The topological polar surface area (TPSA) is 40.5 Å². The molecule has 0 atom stereocenters. The molecule has 0 bridgehead atoms. The first-order chi connectivity index (χ1) is 6.59. The zero-order valence-electron chi connectivity index (χ0n) is 9.25. The molecule has 0 aromatic carbocycles. The minimum absolute atomic E-state index is 0.311. The first-order valence-electron chi connectivity index (χ1n) is 5.56. The van der Waals surface area contributed by atoms with Gasteiger partial charge in [-0.1, -0.05) is 13.8 Å². The van der Waals surface area contributed by atoms with Gasteiger partial charge in [-0.25, -0.2) is 0 Å². The highest BCUT2D eigenvalue weighted by Crippen LogP contribution is 2.18. The minimum atomic E-state index is -0.600. The van der Waals surface area contributed by atoms with Crippen LogP contribution in [-0.4, -0.2) is 41.0 Å². The monoisotopic (exact) mass is 199 g/mol. The smallest absolute Gasteiger partial charge is 0.146 e. The highest BCUT2D eigenvalue weighted by atomic mass is 16.3. The van der Waals surface area contributed by atoms with E-state index in [2.05, 4.69) is 4.90 Å². The van der Waals surface area contributed by atoms with E-state index in [-0.39, 0.29) is 0 Å². The van der Waals surface area contributed by atoms with Gasteiger partial charge in [0, 0.05) is 13.0 Å². The first kappa shape index (κ1) is 11.7. The Hall–Kier alpha value is -0.410. The lowest BCUT2D eigenvalue weighted by atomic mass is 9.95. The lowest BCUT2D eigenvalue weighted by Gasteiger charge is -2.34. The number of β-amino-alcohol motifs (C(OH)–C–C–N with tert-alkyl or cyclic N) is 1. The van der Waals surface area contributed by atoms with Crippen molar-refractivity contribution in [2.75, 3.05) is 19.6 Å². The number of nitrogens with zero attached hydrogens (tertiary/aromatic N) is 1. The fourth-order valence-corrected chi connectivity index (χ4v) is 1.93. The summed E-state index contributed by atoms with van der Waals surface area (Å²) < 4.78 is 0. The van der Waals surface area contributed by atoms with Gasteiger partial charge < -0.3 is 5.11 Å². The molecule has 3 heteroatoms. The number of rotatable bonds is 4. The predicted octanol–water partition coefficient (Wildman–Crippen LogP) is 1.20. The quantitative estimate of drug-likeness (QED) is 0.739. The van der Waals surface area contributed by atoms with Gasteiger partial charge in [-0.05, 0) is 25.8 Å². The largest absolute Gasteiger partial charge is 0.389 e. The number of piperidine rings is 1. The molecule has 1 rings (SSSR count). The van der Waals surface area contributed by atoms with E-state index >= 15 is 0 Å². The molecule has 0 unspecified atom stereocenters. The normalized spacial score (nSPS) is 20.1. The van der Waals surface area contributed by atoms with Crippen molar-refractivity contribution in [3.63, 3.8) is 0 Å². The molecule has 0 aromatic rings. The second-order valence-corrected chi connectivity index (χ2v) is 4.28. The van der Waals surface area contributed by atoms with Gasteiger partial charge >= 0.3 is 0 Å². The molecule has 1 heterocycles. The summed E-state index contributed by atoms with van der Waals surface area (Å²) in [6.07, 6.45) is 3.18. The zero-order chi connectivity index (χ0) is 10.6. The summed E-state index contributed by atoms with van der Waals surface area (Å²) in [5.41, 5.74) is -0.600. The van der Waals surface area contributed by atoms with E-state index < -0.39 is 5.60 Å². The second kappa shape index (κ2) is 4.89. The zero-order valence-corrected chi connectivity index (χ0v) is 9.25. The van der Waals surface area contributed by atoms with Crippen LogP contribution >= 0.6 is 0 Å². The highest BCUT2D eigenvalue weighted by molar-refractivity contribution is 5.81. The van der Waals surface area contributed by atoms with Crippen LogP contribution in [0.3, 0.4) is 0 Å². The van der Waals surface area contributed by atoms with Gasteiger partial charge in [0.2, 0.25) is 0 Å². The third kappa shape index (κ3) is 3.07. The molecule has 1 aliphatic rings. The number of hydrogen-bond acceptors (Lipinski definition) is 3. The maximum Gasteiger partial charge on any atom is 0.146 e. The van der Waals surface area contributed by atoms with Gasteiger partial charge in [0.25, 0.3) is 0 Å². The van der Waals surface area contributed by atoms with Crippen LogP contribution in [0.4, 0.5) is 0 Å². The Balaban J connectivity index is 2.45. The summed E-state index contributed by atoms with van der Waals surface area (Å²) in [6.45, 7) is 6.12. The van der Waals surface area contributed by atoms with Gasteiger partial charge in [0.1, 0.15) is 5.78 Å². The Morgan fingerprint density at radius 2 is 2.07 bits per heavy atom. The minimum Gasteiger partial charge on any atom is -0.389 e. The molecular weight excluding hydrogens is 178 g/mol. The number of carbonyl (C=O) groups excluding carboxylic acids is 1. The Kier molecular flexibility index (Phi) is 4.08. The van der Waals surface area contributed by atoms with E-state index in [0.29, 0.717) is 25.3 Å². The molecule has 0 saturated carbocycles. The van der Waals surface area contributed by atoms with E-state index in [1.165, 1.54) is 0 Å². The van der Waals surface area contributed by atoms with E-state index in [9.17, 15) is 9.90 Å². The Labute approximate surface area is 86.1 Å². The lowest BCUT2D eigenvalue weighted by Crippen LogP contribution is -2.46. The number of likely N-dealkylation sites (tertiary alicyclic amines) is 1. The number of hydrogen-bond donors (Lipinski definition) is 1. The van der Waals surface area contributed by atoms with Crippen LogP contribution < -0.4 is 0 Å². The lowest BCUT2D eigenvalue weighted by molar-refractivity contribution is -0.123. The predicted molar refractivity (Wildman–Crippen MR) is 56.2 cm³/mol. The van der Waals surface area contributed by atoms with Crippen molar-refractivity contribution in [3.05, 3.63) is 0 Å². The maximum absolute atomic E-state index is 11.2. The van der Waals surface area contributed by atoms with Gasteiger partial charge in [-0.15, -0.1) is 0 Å². The summed E-state index contributed by atoms with van der Waals surface area (Å²) in [6, 6.07) is 0. The third-order valence-corrected chi connectivity index (χ3v) is 3.16. The average Bonchev–Trinajstić information content (AvgIpc) is 2.18. The van der Waals surface area contributed by atoms with Gasteiger partial charge in [0.15, 0.2) is 0 Å². The highest BCUT2D eigenvalue weighted by Gasteiger charge is 2.27. The maximum atomic E-state index is 11.2. The molecule has 0 aromatic heterocycles. The molecule has 14 heavy (non-hydrogen) atoms. The number of Topliss-reactive ketones (excluding diaryl/α,β-unsaturated/α-hetero) is 1. The molecular formula is C11H21NO2. The van der Waals surface area contributed by atoms with Gasteiger partial charge in [0.05, 0.1) is 12.1 Å². The van der Waals surface area contributed by atoms with Crippen LogP contribution in [-0.2, 0) is 4.79 Å². The molecule has 1 saturated heterocycles. The van der Waals surface area contributed by atoms with Crippen molar-refractivity contribution in [1.82, 2.24) is 4.90 Å². The summed E-state index contributed by atoms with van der Waals surface area (Å²) in [5, 5.41) is 10.1. The number of ketones is 1. The van der Waals surface area contributed by atoms with Crippen molar-refractivity contribution in [2.45, 2.75) is 45.1 Å². The molecule has 0 spiro atoms. The fourth-order valence-electron chi connectivity index (χ4n) is 1.93. The Morgan fingerprint density at radius 3 is 2.57 bits per heavy atom. The summed E-state index contributed by atoms with van der Waals surface area (Å²) >= 11 is 0. The molecule has 1 fully saturated rings. The molecule has 1 N–H and O–H groups in total. The van der Waals surface area contributed by atoms with Crippen molar-refractivity contribution in [2.24, 2.45) is 0 Å². The van der Waals surface area contributed by atoms with Crippen LogP contribution in [0.2, 0.25) is 0 Å². The molecule has 0 amide bonds. The van der Waals surface area contributed by atoms with Gasteiger partial charge in [-0.2, -0.15) is 0 Å². The van der Waals surface area contributed by atoms with Crippen LogP contribution in [0.15, 0.2) is 0 Å². The summed E-state index contributed by atoms with van der Waals surface area (Å²) in [7, 11) is 0. The van der Waals surface area contributed by atoms with Crippen LogP contribution in [0.5, 0.6) is 0 Å². The van der Waals surface area contributed by atoms with E-state index in [4.69, 9.17) is 0 Å². The van der Waals surface area contributed by atoms with Crippen LogP contribution in [0.25, 0.3) is 0 Å². The first-order valence-corrected chi connectivity index (χ1v) is 5.56. The SMILES string of the molecule is CCC(O)(CC)CN1CCCC(=O)C1. The second-order valence-electron chi connectivity index (χ2n) is 4.28. The molecule has 0 aliphatic carbocycles. The van der Waals surface area contributed by atoms with Crippen LogP contribution in [0, 0.1) is 0 Å². The van der Waals surface area contributed by atoms with Crippen molar-refractivity contribution < 1.29 is 9.90 Å².